The highest BCUT2D eigenvalue weighted by atomic mass is 16.3. The number of nitrogens with one attached hydrogen (secondary N) is 1. The van der Waals surface area contributed by atoms with Gasteiger partial charge < -0.3 is 15.3 Å². The minimum atomic E-state index is -0.398. The summed E-state index contributed by atoms with van der Waals surface area (Å²) in [5.74, 6) is 1.50. The number of hydrogen-bond donors (Lipinski definition) is 2. The molecule has 5 heteroatoms. The zero-order valence-corrected chi connectivity index (χ0v) is 13.3. The van der Waals surface area contributed by atoms with Gasteiger partial charge in [0, 0.05) is 25.5 Å². The molecule has 0 spiro atoms. The third kappa shape index (κ3) is 4.74. The number of hydrogen-bond acceptors (Lipinski definition) is 5. The molecule has 1 saturated heterocycles. The summed E-state index contributed by atoms with van der Waals surface area (Å²) in [4.78, 5) is 10.7. The minimum Gasteiger partial charge on any atom is -0.387 e. The number of aliphatic hydroxyl groups is 1. The second-order valence-electron chi connectivity index (χ2n) is 6.14. The number of β-amino-alcohol motifs (C(OH)–C–C–N with tert-alkyl or cyclic N) is 1. The Hall–Kier alpha value is -1.98. The highest BCUT2D eigenvalue weighted by molar-refractivity contribution is 5.29. The first-order valence-corrected chi connectivity index (χ1v) is 8.26. The van der Waals surface area contributed by atoms with Crippen LogP contribution < -0.4 is 5.32 Å². The fourth-order valence-corrected chi connectivity index (χ4v) is 3.04. The zero-order valence-electron chi connectivity index (χ0n) is 13.3. The second-order valence-corrected chi connectivity index (χ2v) is 6.14. The summed E-state index contributed by atoms with van der Waals surface area (Å²) in [7, 11) is 0. The van der Waals surface area contributed by atoms with Gasteiger partial charge in [-0.15, -0.1) is 0 Å². The van der Waals surface area contributed by atoms with E-state index in [1.54, 1.807) is 18.6 Å². The van der Waals surface area contributed by atoms with E-state index in [4.69, 9.17) is 0 Å². The van der Waals surface area contributed by atoms with Crippen molar-refractivity contribution in [2.45, 2.75) is 18.9 Å². The third-order valence-corrected chi connectivity index (χ3v) is 4.46. The van der Waals surface area contributed by atoms with Gasteiger partial charge in [-0.3, -0.25) is 4.98 Å². The van der Waals surface area contributed by atoms with Crippen molar-refractivity contribution >= 4 is 5.82 Å². The van der Waals surface area contributed by atoms with Crippen LogP contribution in [0.1, 0.15) is 24.5 Å². The largest absolute Gasteiger partial charge is 0.387 e. The van der Waals surface area contributed by atoms with Crippen molar-refractivity contribution in [1.29, 1.82) is 0 Å². The summed E-state index contributed by atoms with van der Waals surface area (Å²) >= 11 is 0. The summed E-state index contributed by atoms with van der Waals surface area (Å²) in [5, 5.41) is 13.7. The van der Waals surface area contributed by atoms with Crippen molar-refractivity contribution < 1.29 is 5.11 Å². The van der Waals surface area contributed by atoms with Gasteiger partial charge in [-0.05, 0) is 37.4 Å². The molecule has 122 valence electrons. The third-order valence-electron chi connectivity index (χ3n) is 4.46. The number of piperidine rings is 1. The van der Waals surface area contributed by atoms with Gasteiger partial charge >= 0.3 is 0 Å². The molecule has 5 nitrogen and oxygen atoms in total. The van der Waals surface area contributed by atoms with Crippen LogP contribution >= 0.6 is 0 Å². The van der Waals surface area contributed by atoms with Crippen LogP contribution in [0.15, 0.2) is 48.9 Å². The zero-order chi connectivity index (χ0) is 15.9. The van der Waals surface area contributed by atoms with Crippen molar-refractivity contribution in [3.8, 4) is 0 Å². The summed E-state index contributed by atoms with van der Waals surface area (Å²) in [5.41, 5.74) is 0.999. The molecule has 1 aromatic carbocycles. The van der Waals surface area contributed by atoms with Crippen LogP contribution in [0.3, 0.4) is 0 Å². The van der Waals surface area contributed by atoms with E-state index in [-0.39, 0.29) is 0 Å². The molecule has 1 unspecified atom stereocenters. The van der Waals surface area contributed by atoms with E-state index in [0.717, 1.165) is 43.9 Å². The summed E-state index contributed by atoms with van der Waals surface area (Å²) in [6, 6.07) is 9.90. The Balaban J connectivity index is 1.40. The van der Waals surface area contributed by atoms with E-state index < -0.39 is 6.10 Å². The maximum absolute atomic E-state index is 10.3. The van der Waals surface area contributed by atoms with Crippen LogP contribution in [0.25, 0.3) is 0 Å². The number of nitrogens with zero attached hydrogens (tertiary/aromatic N) is 3. The van der Waals surface area contributed by atoms with Gasteiger partial charge in [0.1, 0.15) is 5.82 Å². The first-order chi connectivity index (χ1) is 11.3. The predicted molar refractivity (Wildman–Crippen MR) is 91.1 cm³/mol. The lowest BCUT2D eigenvalue weighted by Gasteiger charge is -2.33. The van der Waals surface area contributed by atoms with E-state index in [1.807, 2.05) is 30.3 Å². The van der Waals surface area contributed by atoms with Crippen LogP contribution in [-0.4, -0.2) is 46.2 Å². The lowest BCUT2D eigenvalue weighted by Crippen LogP contribution is -2.38. The number of aliphatic hydroxyl groups excluding tert-OH is 1. The second kappa shape index (κ2) is 8.04. The maximum atomic E-state index is 10.3. The average Bonchev–Trinajstić information content (AvgIpc) is 2.63. The predicted octanol–water partition coefficient (Wildman–Crippen LogP) is 2.33. The quantitative estimate of drug-likeness (QED) is 0.857. The molecule has 23 heavy (non-hydrogen) atoms. The lowest BCUT2D eigenvalue weighted by atomic mass is 9.96. The molecule has 1 aliphatic rings. The maximum Gasteiger partial charge on any atom is 0.144 e. The Morgan fingerprint density at radius 3 is 2.65 bits per heavy atom. The van der Waals surface area contributed by atoms with E-state index in [1.165, 1.54) is 0 Å². The summed E-state index contributed by atoms with van der Waals surface area (Å²) < 4.78 is 0. The Labute approximate surface area is 137 Å². The van der Waals surface area contributed by atoms with Gasteiger partial charge in [0.2, 0.25) is 0 Å². The van der Waals surface area contributed by atoms with E-state index >= 15 is 0 Å². The number of rotatable bonds is 6. The SMILES string of the molecule is OC(CN1CCC(CNc2cnccn2)CC1)c1ccccc1. The molecule has 0 aliphatic carbocycles. The molecule has 0 saturated carbocycles. The molecule has 3 rings (SSSR count). The van der Waals surface area contributed by atoms with Gasteiger partial charge in [0.25, 0.3) is 0 Å². The average molecular weight is 312 g/mol. The highest BCUT2D eigenvalue weighted by Crippen LogP contribution is 2.21. The Morgan fingerprint density at radius 2 is 1.96 bits per heavy atom. The first-order valence-electron chi connectivity index (χ1n) is 8.26. The molecule has 1 fully saturated rings. The molecular formula is C18H24N4O. The number of likely N-dealkylation sites (tertiary alicyclic amines) is 1. The molecule has 2 aromatic rings. The van der Waals surface area contributed by atoms with Crippen LogP contribution in [0.5, 0.6) is 0 Å². The Kier molecular flexibility index (Phi) is 5.56. The minimum absolute atomic E-state index is 0.398. The van der Waals surface area contributed by atoms with E-state index in [2.05, 4.69) is 20.2 Å². The van der Waals surface area contributed by atoms with Gasteiger partial charge in [-0.2, -0.15) is 0 Å². The van der Waals surface area contributed by atoms with Crippen molar-refractivity contribution in [2.75, 3.05) is 31.5 Å². The summed E-state index contributed by atoms with van der Waals surface area (Å²) in [6.07, 6.45) is 7.04. The monoisotopic (exact) mass is 312 g/mol. The number of benzene rings is 1. The number of aromatic nitrogens is 2. The molecule has 0 amide bonds. The lowest BCUT2D eigenvalue weighted by molar-refractivity contribution is 0.0909. The van der Waals surface area contributed by atoms with E-state index in [9.17, 15) is 5.11 Å². The Morgan fingerprint density at radius 1 is 1.17 bits per heavy atom. The fourth-order valence-electron chi connectivity index (χ4n) is 3.04. The van der Waals surface area contributed by atoms with Crippen molar-refractivity contribution in [2.24, 2.45) is 5.92 Å². The number of anilines is 1. The molecular weight excluding hydrogens is 288 g/mol. The fraction of sp³-hybridized carbons (Fsp3) is 0.444. The van der Waals surface area contributed by atoms with Crippen molar-refractivity contribution in [3.63, 3.8) is 0 Å². The molecule has 1 aromatic heterocycles. The highest BCUT2D eigenvalue weighted by Gasteiger charge is 2.21. The molecule has 2 heterocycles. The molecule has 2 N–H and O–H groups in total. The smallest absolute Gasteiger partial charge is 0.144 e. The normalized spacial score (nSPS) is 17.8. The standard InChI is InChI=1S/C18H24N4O/c23-17(16-4-2-1-3-5-16)14-22-10-6-15(7-11-22)12-21-18-13-19-8-9-20-18/h1-5,8-9,13,15,17,23H,6-7,10-12,14H2,(H,20,21). The van der Waals surface area contributed by atoms with Crippen LogP contribution in [0.2, 0.25) is 0 Å². The van der Waals surface area contributed by atoms with Gasteiger partial charge in [0.15, 0.2) is 0 Å². The molecule has 1 atom stereocenters. The van der Waals surface area contributed by atoms with Crippen LogP contribution in [-0.2, 0) is 0 Å². The molecule has 1 aliphatic heterocycles. The Bertz CT molecular complexity index is 570. The van der Waals surface area contributed by atoms with Gasteiger partial charge in [-0.1, -0.05) is 30.3 Å². The molecule has 0 bridgehead atoms. The van der Waals surface area contributed by atoms with Gasteiger partial charge in [-0.25, -0.2) is 4.98 Å². The van der Waals surface area contributed by atoms with Gasteiger partial charge in [0.05, 0.1) is 12.3 Å². The first kappa shape index (κ1) is 15.9. The summed E-state index contributed by atoms with van der Waals surface area (Å²) in [6.45, 7) is 3.73. The van der Waals surface area contributed by atoms with E-state index in [0.29, 0.717) is 12.5 Å². The van der Waals surface area contributed by atoms with Crippen molar-refractivity contribution in [1.82, 2.24) is 14.9 Å². The van der Waals surface area contributed by atoms with Crippen LogP contribution in [0, 0.1) is 5.92 Å². The molecule has 0 radical (unpaired) electrons. The van der Waals surface area contributed by atoms with Crippen LogP contribution in [0.4, 0.5) is 5.82 Å². The topological polar surface area (TPSA) is 61.3 Å². The van der Waals surface area contributed by atoms with Crippen molar-refractivity contribution in [3.05, 3.63) is 54.5 Å².